The SMILES string of the molecule is COC(=O)c1ccccc1-c1cc2c(c3c1oc1ccccc13)-c1ccc(C)cc1C2(C)C. The number of benzene rings is 4. The second-order valence-electron chi connectivity index (χ2n) is 9.36. The zero-order valence-corrected chi connectivity index (χ0v) is 19.2. The van der Waals surface area contributed by atoms with Crippen LogP contribution in [0.15, 0.2) is 77.2 Å². The number of hydrogen-bond acceptors (Lipinski definition) is 3. The molecule has 5 aromatic rings. The van der Waals surface area contributed by atoms with E-state index in [1.807, 2.05) is 36.4 Å². The first kappa shape index (κ1) is 19.8. The molecule has 1 aliphatic rings. The number of hydrogen-bond donors (Lipinski definition) is 0. The Kier molecular flexibility index (Phi) is 4.09. The lowest BCUT2D eigenvalue weighted by molar-refractivity contribution is 0.0601. The predicted octanol–water partition coefficient (Wildman–Crippen LogP) is 7.65. The van der Waals surface area contributed by atoms with Crippen molar-refractivity contribution in [3.05, 3.63) is 95.1 Å². The lowest BCUT2D eigenvalue weighted by Gasteiger charge is -2.23. The van der Waals surface area contributed by atoms with Crippen molar-refractivity contribution >= 4 is 27.9 Å². The van der Waals surface area contributed by atoms with Gasteiger partial charge in [0.25, 0.3) is 0 Å². The van der Waals surface area contributed by atoms with Crippen molar-refractivity contribution in [3.63, 3.8) is 0 Å². The minimum Gasteiger partial charge on any atom is -0.465 e. The van der Waals surface area contributed by atoms with Gasteiger partial charge in [-0.15, -0.1) is 0 Å². The Balaban J connectivity index is 1.81. The Morgan fingerprint density at radius 2 is 1.61 bits per heavy atom. The van der Waals surface area contributed by atoms with Gasteiger partial charge in [0.15, 0.2) is 0 Å². The van der Waals surface area contributed by atoms with Crippen LogP contribution in [0, 0.1) is 6.92 Å². The fourth-order valence-corrected chi connectivity index (χ4v) is 5.42. The number of rotatable bonds is 2. The maximum absolute atomic E-state index is 12.6. The highest BCUT2D eigenvalue weighted by atomic mass is 16.5. The third-order valence-corrected chi connectivity index (χ3v) is 7.06. The summed E-state index contributed by atoms with van der Waals surface area (Å²) in [5.74, 6) is -0.353. The van der Waals surface area contributed by atoms with Crippen molar-refractivity contribution < 1.29 is 13.9 Å². The van der Waals surface area contributed by atoms with Gasteiger partial charge in [-0.05, 0) is 52.9 Å². The predicted molar refractivity (Wildman–Crippen MR) is 133 cm³/mol. The Labute approximate surface area is 192 Å². The maximum Gasteiger partial charge on any atom is 0.338 e. The first-order chi connectivity index (χ1) is 15.9. The highest BCUT2D eigenvalue weighted by molar-refractivity contribution is 6.19. The second kappa shape index (κ2) is 6.82. The van der Waals surface area contributed by atoms with Crippen molar-refractivity contribution in [3.8, 4) is 22.3 Å². The number of carbonyl (C=O) groups is 1. The number of esters is 1. The first-order valence-electron chi connectivity index (χ1n) is 11.2. The van der Waals surface area contributed by atoms with E-state index in [-0.39, 0.29) is 11.4 Å². The van der Waals surface area contributed by atoms with Crippen LogP contribution in [0.5, 0.6) is 0 Å². The number of aryl methyl sites for hydroxylation is 1. The largest absolute Gasteiger partial charge is 0.465 e. The van der Waals surface area contributed by atoms with Gasteiger partial charge in [-0.2, -0.15) is 0 Å². The standard InChI is InChI=1S/C30H24O3/c1-17-13-14-20-23(15-17)30(2,3)24-16-22(18-9-5-6-10-19(18)29(31)32-4)28-27(26(20)24)21-11-7-8-12-25(21)33-28/h5-16H,1-4H3. The Hall–Kier alpha value is -3.85. The summed E-state index contributed by atoms with van der Waals surface area (Å²) in [6.07, 6.45) is 0. The molecule has 1 aliphatic carbocycles. The van der Waals surface area contributed by atoms with Crippen molar-refractivity contribution in [2.24, 2.45) is 0 Å². The fourth-order valence-electron chi connectivity index (χ4n) is 5.42. The Bertz CT molecular complexity index is 1600. The minimum atomic E-state index is -0.353. The van der Waals surface area contributed by atoms with Crippen LogP contribution >= 0.6 is 0 Å². The summed E-state index contributed by atoms with van der Waals surface area (Å²) >= 11 is 0. The third-order valence-electron chi connectivity index (χ3n) is 7.06. The summed E-state index contributed by atoms with van der Waals surface area (Å²) in [5.41, 5.74) is 10.0. The molecule has 33 heavy (non-hydrogen) atoms. The minimum absolute atomic E-state index is 0.182. The van der Waals surface area contributed by atoms with Crippen molar-refractivity contribution in [2.45, 2.75) is 26.2 Å². The van der Waals surface area contributed by atoms with E-state index in [1.54, 1.807) is 0 Å². The monoisotopic (exact) mass is 432 g/mol. The van der Waals surface area contributed by atoms with Crippen LogP contribution in [0.1, 0.15) is 40.9 Å². The second-order valence-corrected chi connectivity index (χ2v) is 9.36. The van der Waals surface area contributed by atoms with Gasteiger partial charge >= 0.3 is 5.97 Å². The molecular weight excluding hydrogens is 408 g/mol. The zero-order chi connectivity index (χ0) is 22.9. The molecule has 0 N–H and O–H groups in total. The molecule has 0 fully saturated rings. The maximum atomic E-state index is 12.6. The van der Waals surface area contributed by atoms with E-state index in [0.29, 0.717) is 5.56 Å². The molecule has 1 aromatic heterocycles. The normalized spacial score (nSPS) is 13.8. The summed E-state index contributed by atoms with van der Waals surface area (Å²) in [4.78, 5) is 12.6. The molecule has 0 unspecified atom stereocenters. The van der Waals surface area contributed by atoms with Crippen LogP contribution in [0.25, 0.3) is 44.2 Å². The first-order valence-corrected chi connectivity index (χ1v) is 11.2. The Morgan fingerprint density at radius 1 is 0.848 bits per heavy atom. The molecule has 4 aromatic carbocycles. The molecule has 0 amide bonds. The lowest BCUT2D eigenvalue weighted by Crippen LogP contribution is -2.15. The summed E-state index contributed by atoms with van der Waals surface area (Å²) in [5, 5.41) is 2.19. The number of fused-ring (bicyclic) bond motifs is 7. The number of furan rings is 1. The molecule has 1 heterocycles. The average Bonchev–Trinajstić information content (AvgIpc) is 3.31. The quantitative estimate of drug-likeness (QED) is 0.269. The number of methoxy groups -OCH3 is 1. The van der Waals surface area contributed by atoms with Crippen molar-refractivity contribution in [1.29, 1.82) is 0 Å². The summed E-state index contributed by atoms with van der Waals surface area (Å²) in [6, 6.07) is 24.7. The topological polar surface area (TPSA) is 39.4 Å². The summed E-state index contributed by atoms with van der Waals surface area (Å²) in [6.45, 7) is 6.70. The molecule has 0 spiro atoms. The molecule has 0 aliphatic heterocycles. The molecule has 3 heteroatoms. The van der Waals surface area contributed by atoms with Gasteiger partial charge in [-0.3, -0.25) is 0 Å². The van der Waals surface area contributed by atoms with Crippen molar-refractivity contribution in [2.75, 3.05) is 7.11 Å². The van der Waals surface area contributed by atoms with E-state index in [4.69, 9.17) is 9.15 Å². The van der Waals surface area contributed by atoms with E-state index >= 15 is 0 Å². The number of para-hydroxylation sites is 1. The molecule has 0 saturated carbocycles. The molecule has 0 radical (unpaired) electrons. The number of ether oxygens (including phenoxy) is 1. The lowest BCUT2D eigenvalue weighted by atomic mass is 9.80. The van der Waals surface area contributed by atoms with Gasteiger partial charge in [0.2, 0.25) is 0 Å². The highest BCUT2D eigenvalue weighted by Gasteiger charge is 2.38. The molecule has 162 valence electrons. The molecule has 3 nitrogen and oxygen atoms in total. The van der Waals surface area contributed by atoms with Crippen LogP contribution in [0.3, 0.4) is 0 Å². The molecule has 6 rings (SSSR count). The van der Waals surface area contributed by atoms with Crippen LogP contribution in [-0.4, -0.2) is 13.1 Å². The average molecular weight is 433 g/mol. The molecular formula is C30H24O3. The van der Waals surface area contributed by atoms with Crippen LogP contribution in [0.2, 0.25) is 0 Å². The van der Waals surface area contributed by atoms with E-state index in [2.05, 4.69) is 57.2 Å². The van der Waals surface area contributed by atoms with Gasteiger partial charge in [0, 0.05) is 21.8 Å². The van der Waals surface area contributed by atoms with Gasteiger partial charge in [0.05, 0.1) is 12.7 Å². The third kappa shape index (κ3) is 2.65. The van der Waals surface area contributed by atoms with Crippen molar-refractivity contribution in [1.82, 2.24) is 0 Å². The smallest absolute Gasteiger partial charge is 0.338 e. The Morgan fingerprint density at radius 3 is 2.42 bits per heavy atom. The zero-order valence-electron chi connectivity index (χ0n) is 19.2. The number of carbonyl (C=O) groups excluding carboxylic acids is 1. The van der Waals surface area contributed by atoms with Crippen LogP contribution in [0.4, 0.5) is 0 Å². The molecule has 0 bridgehead atoms. The fraction of sp³-hybridized carbons (Fsp3) is 0.167. The summed E-state index contributed by atoms with van der Waals surface area (Å²) < 4.78 is 11.6. The van der Waals surface area contributed by atoms with E-state index in [9.17, 15) is 4.79 Å². The van der Waals surface area contributed by atoms with Crippen LogP contribution < -0.4 is 0 Å². The van der Waals surface area contributed by atoms with Gasteiger partial charge in [-0.1, -0.05) is 74.0 Å². The van der Waals surface area contributed by atoms with E-state index < -0.39 is 0 Å². The van der Waals surface area contributed by atoms with E-state index in [1.165, 1.54) is 34.9 Å². The summed E-state index contributed by atoms with van der Waals surface area (Å²) in [7, 11) is 1.42. The van der Waals surface area contributed by atoms with Crippen LogP contribution in [-0.2, 0) is 10.2 Å². The molecule has 0 saturated heterocycles. The van der Waals surface area contributed by atoms with E-state index in [0.717, 1.165) is 33.1 Å². The molecule has 0 atom stereocenters. The van der Waals surface area contributed by atoms with Gasteiger partial charge in [0.1, 0.15) is 11.2 Å². The van der Waals surface area contributed by atoms with Gasteiger partial charge in [-0.25, -0.2) is 4.79 Å². The van der Waals surface area contributed by atoms with Gasteiger partial charge < -0.3 is 9.15 Å². The highest BCUT2D eigenvalue weighted by Crippen LogP contribution is 2.55.